The van der Waals surface area contributed by atoms with Crippen LogP contribution in [0.25, 0.3) is 0 Å². The molecular formula is C23H27N3O5. The van der Waals surface area contributed by atoms with Crippen molar-refractivity contribution in [3.8, 4) is 17.2 Å². The Morgan fingerprint density at radius 1 is 0.903 bits per heavy atom. The van der Waals surface area contributed by atoms with Gasteiger partial charge in [0.1, 0.15) is 23.8 Å². The Morgan fingerprint density at radius 3 is 2.39 bits per heavy atom. The summed E-state index contributed by atoms with van der Waals surface area (Å²) in [5.41, 5.74) is 2.97. The SMILES string of the molecule is COc1ccc2c(c1)CCN(C(=O)CN1CCN(c3cc(OC)ccc3OC)C1=O)C2. The van der Waals surface area contributed by atoms with Crippen molar-refractivity contribution in [1.29, 1.82) is 0 Å². The van der Waals surface area contributed by atoms with Crippen LogP contribution in [0.4, 0.5) is 10.5 Å². The minimum absolute atomic E-state index is 0.0470. The molecule has 2 heterocycles. The first-order valence-corrected chi connectivity index (χ1v) is 10.3. The van der Waals surface area contributed by atoms with Gasteiger partial charge in [-0.2, -0.15) is 0 Å². The molecule has 2 aromatic carbocycles. The van der Waals surface area contributed by atoms with E-state index in [1.165, 1.54) is 5.56 Å². The number of methoxy groups -OCH3 is 3. The van der Waals surface area contributed by atoms with Crippen molar-refractivity contribution in [3.05, 3.63) is 47.5 Å². The Bertz CT molecular complexity index is 993. The number of benzene rings is 2. The van der Waals surface area contributed by atoms with Crippen LogP contribution in [0.15, 0.2) is 36.4 Å². The van der Waals surface area contributed by atoms with Crippen LogP contribution in [-0.4, -0.2) is 69.2 Å². The number of nitrogens with zero attached hydrogens (tertiary/aromatic N) is 3. The number of anilines is 1. The fourth-order valence-electron chi connectivity index (χ4n) is 4.09. The third-order valence-electron chi connectivity index (χ3n) is 5.88. The number of rotatable bonds is 6. The quantitative estimate of drug-likeness (QED) is 0.711. The highest BCUT2D eigenvalue weighted by atomic mass is 16.5. The van der Waals surface area contributed by atoms with Gasteiger partial charge in [0, 0.05) is 32.2 Å². The number of hydrogen-bond donors (Lipinski definition) is 0. The topological polar surface area (TPSA) is 71.6 Å². The Labute approximate surface area is 181 Å². The molecule has 2 aliphatic rings. The van der Waals surface area contributed by atoms with Gasteiger partial charge in [0.15, 0.2) is 0 Å². The van der Waals surface area contributed by atoms with Crippen LogP contribution < -0.4 is 19.1 Å². The van der Waals surface area contributed by atoms with Crippen molar-refractivity contribution in [3.63, 3.8) is 0 Å². The molecule has 4 rings (SSSR count). The number of carbonyl (C=O) groups excluding carboxylic acids is 2. The zero-order valence-corrected chi connectivity index (χ0v) is 18.1. The van der Waals surface area contributed by atoms with Gasteiger partial charge in [-0.3, -0.25) is 9.69 Å². The zero-order chi connectivity index (χ0) is 22.0. The van der Waals surface area contributed by atoms with Gasteiger partial charge in [0.25, 0.3) is 0 Å². The van der Waals surface area contributed by atoms with Crippen LogP contribution >= 0.6 is 0 Å². The standard InChI is InChI=1S/C23H27N3O5/c1-29-18-5-4-17-14-24(9-8-16(17)12-18)22(27)15-25-10-11-26(23(25)28)20-13-19(30-2)6-7-21(20)31-3/h4-7,12-13H,8-11,14-15H2,1-3H3. The molecule has 0 radical (unpaired) electrons. The molecule has 1 fully saturated rings. The van der Waals surface area contributed by atoms with Crippen LogP contribution in [0.3, 0.4) is 0 Å². The summed E-state index contributed by atoms with van der Waals surface area (Å²) in [5.74, 6) is 2.01. The summed E-state index contributed by atoms with van der Waals surface area (Å²) in [6.07, 6.45) is 0.777. The molecule has 2 aromatic rings. The van der Waals surface area contributed by atoms with Crippen LogP contribution in [0.5, 0.6) is 17.2 Å². The highest BCUT2D eigenvalue weighted by molar-refractivity contribution is 5.98. The van der Waals surface area contributed by atoms with E-state index in [4.69, 9.17) is 14.2 Å². The second-order valence-electron chi connectivity index (χ2n) is 7.59. The van der Waals surface area contributed by atoms with E-state index in [0.717, 1.165) is 17.7 Å². The van der Waals surface area contributed by atoms with E-state index in [0.29, 0.717) is 43.4 Å². The Hall–Kier alpha value is -3.42. The van der Waals surface area contributed by atoms with Crippen molar-refractivity contribution >= 4 is 17.6 Å². The van der Waals surface area contributed by atoms with E-state index in [2.05, 4.69) is 0 Å². The number of carbonyl (C=O) groups is 2. The smallest absolute Gasteiger partial charge is 0.325 e. The molecule has 1 saturated heterocycles. The van der Waals surface area contributed by atoms with Crippen LogP contribution in [0.2, 0.25) is 0 Å². The fraction of sp³-hybridized carbons (Fsp3) is 0.391. The summed E-state index contributed by atoms with van der Waals surface area (Å²) in [6.45, 7) is 2.21. The molecule has 0 N–H and O–H groups in total. The number of fused-ring (bicyclic) bond motifs is 1. The van der Waals surface area contributed by atoms with Gasteiger partial charge < -0.3 is 24.0 Å². The van der Waals surface area contributed by atoms with E-state index in [1.807, 2.05) is 23.1 Å². The first kappa shape index (κ1) is 20.8. The minimum atomic E-state index is -0.206. The van der Waals surface area contributed by atoms with Crippen LogP contribution in [0, 0.1) is 0 Å². The fourth-order valence-corrected chi connectivity index (χ4v) is 4.09. The van der Waals surface area contributed by atoms with E-state index in [-0.39, 0.29) is 18.5 Å². The largest absolute Gasteiger partial charge is 0.497 e. The lowest BCUT2D eigenvalue weighted by Gasteiger charge is -2.30. The van der Waals surface area contributed by atoms with Crippen molar-refractivity contribution in [1.82, 2.24) is 9.80 Å². The first-order chi connectivity index (χ1) is 15.0. The van der Waals surface area contributed by atoms with E-state index >= 15 is 0 Å². The van der Waals surface area contributed by atoms with Gasteiger partial charge in [-0.05, 0) is 41.8 Å². The van der Waals surface area contributed by atoms with Crippen LogP contribution in [0.1, 0.15) is 11.1 Å². The highest BCUT2D eigenvalue weighted by Gasteiger charge is 2.34. The van der Waals surface area contributed by atoms with Gasteiger partial charge in [-0.15, -0.1) is 0 Å². The lowest BCUT2D eigenvalue weighted by molar-refractivity contribution is -0.132. The highest BCUT2D eigenvalue weighted by Crippen LogP contribution is 2.34. The molecule has 31 heavy (non-hydrogen) atoms. The maximum atomic E-state index is 13.0. The number of amides is 3. The molecular weight excluding hydrogens is 398 g/mol. The second-order valence-corrected chi connectivity index (χ2v) is 7.59. The molecule has 0 atom stereocenters. The number of ether oxygens (including phenoxy) is 3. The lowest BCUT2D eigenvalue weighted by atomic mass is 9.99. The predicted octanol–water partition coefficient (Wildman–Crippen LogP) is 2.54. The van der Waals surface area contributed by atoms with E-state index < -0.39 is 0 Å². The maximum absolute atomic E-state index is 13.0. The Kier molecular flexibility index (Phi) is 5.88. The van der Waals surface area contributed by atoms with Crippen molar-refractivity contribution in [2.45, 2.75) is 13.0 Å². The predicted molar refractivity (Wildman–Crippen MR) is 116 cm³/mol. The summed E-state index contributed by atoms with van der Waals surface area (Å²) in [4.78, 5) is 31.0. The zero-order valence-electron chi connectivity index (χ0n) is 18.1. The average Bonchev–Trinajstić information content (AvgIpc) is 3.17. The molecule has 8 heteroatoms. The summed E-state index contributed by atoms with van der Waals surface area (Å²) in [7, 11) is 4.80. The second kappa shape index (κ2) is 8.75. The molecule has 0 unspecified atom stereocenters. The van der Waals surface area contributed by atoms with Crippen molar-refractivity contribution in [2.24, 2.45) is 0 Å². The van der Waals surface area contributed by atoms with E-state index in [9.17, 15) is 9.59 Å². The van der Waals surface area contributed by atoms with Gasteiger partial charge in [-0.1, -0.05) is 6.07 Å². The minimum Gasteiger partial charge on any atom is -0.497 e. The Morgan fingerprint density at radius 2 is 1.65 bits per heavy atom. The van der Waals surface area contributed by atoms with E-state index in [1.54, 1.807) is 49.3 Å². The van der Waals surface area contributed by atoms with Gasteiger partial charge in [0.2, 0.25) is 5.91 Å². The maximum Gasteiger partial charge on any atom is 0.325 e. The molecule has 164 valence electrons. The summed E-state index contributed by atoms with van der Waals surface area (Å²) in [6, 6.07) is 11.1. The van der Waals surface area contributed by atoms with Crippen LogP contribution in [-0.2, 0) is 17.8 Å². The lowest BCUT2D eigenvalue weighted by Crippen LogP contribution is -2.44. The Balaban J connectivity index is 1.43. The number of hydrogen-bond acceptors (Lipinski definition) is 5. The monoisotopic (exact) mass is 425 g/mol. The molecule has 0 spiro atoms. The molecule has 0 saturated carbocycles. The van der Waals surface area contributed by atoms with Gasteiger partial charge in [0.05, 0.1) is 27.0 Å². The molecule has 0 aromatic heterocycles. The normalized spacial score (nSPS) is 15.7. The van der Waals surface area contributed by atoms with Gasteiger partial charge in [-0.25, -0.2) is 4.79 Å². The molecule has 0 bridgehead atoms. The average molecular weight is 425 g/mol. The third-order valence-corrected chi connectivity index (χ3v) is 5.88. The summed E-state index contributed by atoms with van der Waals surface area (Å²) in [5, 5.41) is 0. The van der Waals surface area contributed by atoms with Crippen molar-refractivity contribution < 1.29 is 23.8 Å². The summed E-state index contributed by atoms with van der Waals surface area (Å²) >= 11 is 0. The summed E-state index contributed by atoms with van der Waals surface area (Å²) < 4.78 is 16.0. The molecule has 0 aliphatic carbocycles. The van der Waals surface area contributed by atoms with Crippen molar-refractivity contribution in [2.75, 3.05) is 52.4 Å². The molecule has 3 amide bonds. The first-order valence-electron chi connectivity index (χ1n) is 10.3. The third kappa shape index (κ3) is 4.10. The number of urea groups is 1. The molecule has 2 aliphatic heterocycles. The molecule has 8 nitrogen and oxygen atoms in total. The van der Waals surface area contributed by atoms with Gasteiger partial charge >= 0.3 is 6.03 Å².